The maximum atomic E-state index is 4.83. The summed E-state index contributed by atoms with van der Waals surface area (Å²) in [5.74, 6) is 0. The van der Waals surface area contributed by atoms with Gasteiger partial charge in [-0.25, -0.2) is 0 Å². The van der Waals surface area contributed by atoms with Gasteiger partial charge in [0.2, 0.25) is 0 Å². The van der Waals surface area contributed by atoms with Gasteiger partial charge in [-0.15, -0.1) is 0 Å². The summed E-state index contributed by atoms with van der Waals surface area (Å²) in [6, 6.07) is 59.8. The van der Waals surface area contributed by atoms with E-state index in [1.165, 1.54) is 80.5 Å². The van der Waals surface area contributed by atoms with Crippen molar-refractivity contribution in [3.8, 4) is 44.6 Å². The van der Waals surface area contributed by atoms with Crippen LogP contribution in [-0.2, 0) is 0 Å². The van der Waals surface area contributed by atoms with Crippen molar-refractivity contribution in [2.75, 3.05) is 0 Å². The molecule has 0 radical (unpaired) electrons. The fourth-order valence-corrected chi connectivity index (χ4v) is 13.0. The van der Waals surface area contributed by atoms with Crippen LogP contribution in [0.25, 0.3) is 92.8 Å². The Morgan fingerprint density at radius 1 is 0.435 bits per heavy atom. The number of hydrogen-bond donors (Lipinski definition) is 0. The fraction of sp³-hybridized carbons (Fsp3) is 0.0172. The van der Waals surface area contributed by atoms with E-state index in [1.807, 2.05) is 6.07 Å². The van der Waals surface area contributed by atoms with E-state index >= 15 is 0 Å². The Morgan fingerprint density at radius 2 is 1.08 bits per heavy atom. The number of rotatable bonds is 5. The molecule has 0 fully saturated rings. The molecule has 0 bridgehead atoms. The van der Waals surface area contributed by atoms with Gasteiger partial charge >= 0.3 is 367 Å². The molecule has 4 aliphatic carbocycles. The summed E-state index contributed by atoms with van der Waals surface area (Å²) in [6.45, 7) is 0. The number of nitrogens with zero attached hydrogens (tertiary/aromatic N) is 3. The van der Waals surface area contributed by atoms with Gasteiger partial charge in [0, 0.05) is 0 Å². The normalized spacial score (nSPS) is 16.9. The first-order chi connectivity index (χ1) is 30.8. The van der Waals surface area contributed by atoms with Crippen LogP contribution in [0.1, 0.15) is 27.8 Å². The van der Waals surface area contributed by atoms with Crippen LogP contribution in [0.5, 0.6) is 0 Å². The molecule has 62 heavy (non-hydrogen) atoms. The van der Waals surface area contributed by atoms with Crippen molar-refractivity contribution in [2.24, 2.45) is 5.41 Å². The second-order valence-corrected chi connectivity index (χ2v) is 18.6. The van der Waals surface area contributed by atoms with Crippen molar-refractivity contribution in [3.63, 3.8) is 0 Å². The van der Waals surface area contributed by atoms with Crippen LogP contribution >= 0.6 is 0 Å². The van der Waals surface area contributed by atoms with Gasteiger partial charge in [0.1, 0.15) is 0 Å². The molecule has 1 spiro atoms. The first-order valence-electron chi connectivity index (χ1n) is 21.1. The van der Waals surface area contributed by atoms with Crippen LogP contribution in [0.15, 0.2) is 212 Å². The molecule has 4 heteroatoms. The molecule has 0 aliphatic heterocycles. The summed E-state index contributed by atoms with van der Waals surface area (Å²) in [6.07, 6.45) is 18.6. The van der Waals surface area contributed by atoms with Gasteiger partial charge in [-0.1, -0.05) is 0 Å². The summed E-state index contributed by atoms with van der Waals surface area (Å²) in [7, 11) is 0. The number of hydrogen-bond acceptors (Lipinski definition) is 3. The Labute approximate surface area is 365 Å². The Morgan fingerprint density at radius 3 is 1.82 bits per heavy atom. The topological polar surface area (TPSA) is 38.7 Å². The molecule has 288 valence electrons. The SMILES string of the molecule is C1=CC2(C3=Cc4ccccc4C3=C1)C1=Cc3ccccc3C1=CC=C2c1ccc2[se]c3ccccc3c2c1-c1ccc(-c2ccccc2)c(-c2ccccc2)c1-c1ccnnn1. The first kappa shape index (κ1) is 35.3. The number of allylic oxidation sites excluding steroid dienone is 10. The number of aromatic nitrogens is 3. The van der Waals surface area contributed by atoms with Crippen molar-refractivity contribution in [3.05, 3.63) is 239 Å². The van der Waals surface area contributed by atoms with Gasteiger partial charge < -0.3 is 0 Å². The third kappa shape index (κ3) is 5.09. The van der Waals surface area contributed by atoms with Gasteiger partial charge in [0.25, 0.3) is 0 Å². The standard InChI is InChI=1S/C58H35N3Se/c1-3-14-36(15-4-1)42-25-26-47(56(51-31-33-59-61-60-51)54(42)37-16-5-2-6-17-37)55-45(28-30-53-57(55)46-22-11-12-24-52(46)62-53)48-29-27-44-41-21-10-8-19-39(41)35-50(44)58(48)32-13-23-43-40-20-9-7-18-38(40)34-49(43)58/h1-35H. The monoisotopic (exact) mass is 853 g/mol. The molecule has 1 unspecified atom stereocenters. The molecule has 0 N–H and O–H groups in total. The Hall–Kier alpha value is -7.49. The zero-order valence-corrected chi connectivity index (χ0v) is 35.2. The Bertz CT molecular complexity index is 3530. The van der Waals surface area contributed by atoms with E-state index in [2.05, 4.69) is 211 Å². The predicted octanol–water partition coefficient (Wildman–Crippen LogP) is 13.8. The molecule has 4 aliphatic rings. The molecule has 0 amide bonds. The molecule has 0 saturated heterocycles. The fourth-order valence-electron chi connectivity index (χ4n) is 10.6. The Balaban J connectivity index is 1.18. The molecule has 9 aromatic rings. The van der Waals surface area contributed by atoms with E-state index in [1.54, 1.807) is 6.20 Å². The van der Waals surface area contributed by atoms with Crippen LogP contribution in [0.4, 0.5) is 0 Å². The van der Waals surface area contributed by atoms with Gasteiger partial charge in [0.15, 0.2) is 0 Å². The van der Waals surface area contributed by atoms with E-state index in [-0.39, 0.29) is 14.5 Å². The van der Waals surface area contributed by atoms with Crippen LogP contribution in [0, 0.1) is 5.41 Å². The minimum absolute atomic E-state index is 0.139. The molecule has 0 saturated carbocycles. The second-order valence-electron chi connectivity index (χ2n) is 16.3. The molecule has 2 aromatic heterocycles. The van der Waals surface area contributed by atoms with Crippen molar-refractivity contribution < 1.29 is 0 Å². The quantitative estimate of drug-likeness (QED) is 0.162. The third-order valence-corrected chi connectivity index (χ3v) is 15.6. The zero-order valence-electron chi connectivity index (χ0n) is 33.5. The van der Waals surface area contributed by atoms with Gasteiger partial charge in [0.05, 0.1) is 0 Å². The molecular weight excluding hydrogens is 818 g/mol. The van der Waals surface area contributed by atoms with Gasteiger partial charge in [-0.05, 0) is 0 Å². The minimum atomic E-state index is -0.582. The number of fused-ring (bicyclic) bond motifs is 11. The molecular formula is C58H35N3Se. The van der Waals surface area contributed by atoms with Crippen molar-refractivity contribution in [2.45, 2.75) is 0 Å². The summed E-state index contributed by atoms with van der Waals surface area (Å²) in [5, 5.41) is 15.9. The van der Waals surface area contributed by atoms with Crippen LogP contribution in [0.2, 0.25) is 0 Å². The van der Waals surface area contributed by atoms with Crippen LogP contribution < -0.4 is 0 Å². The van der Waals surface area contributed by atoms with Crippen LogP contribution in [-0.4, -0.2) is 29.9 Å². The zero-order chi connectivity index (χ0) is 40.8. The molecule has 7 aromatic carbocycles. The van der Waals surface area contributed by atoms with E-state index in [0.29, 0.717) is 0 Å². The Kier molecular flexibility index (Phi) is 7.84. The summed E-state index contributed by atoms with van der Waals surface area (Å²) < 4.78 is 2.79. The first-order valence-corrected chi connectivity index (χ1v) is 22.8. The summed E-state index contributed by atoms with van der Waals surface area (Å²) in [4.78, 5) is 0. The summed E-state index contributed by atoms with van der Waals surface area (Å²) in [5.41, 5.74) is 20.9. The molecule has 1 atom stereocenters. The van der Waals surface area contributed by atoms with E-state index in [9.17, 15) is 0 Å². The van der Waals surface area contributed by atoms with Crippen molar-refractivity contribution >= 4 is 62.7 Å². The molecule has 3 nitrogen and oxygen atoms in total. The van der Waals surface area contributed by atoms with E-state index in [4.69, 9.17) is 5.10 Å². The van der Waals surface area contributed by atoms with Gasteiger partial charge in [-0.2, -0.15) is 0 Å². The van der Waals surface area contributed by atoms with Crippen molar-refractivity contribution in [1.29, 1.82) is 0 Å². The molecule has 13 rings (SSSR count). The molecule has 2 heterocycles. The average molecular weight is 853 g/mol. The number of benzene rings is 7. The summed E-state index contributed by atoms with van der Waals surface area (Å²) >= 11 is 0.139. The van der Waals surface area contributed by atoms with E-state index in [0.717, 1.165) is 39.1 Å². The third-order valence-electron chi connectivity index (χ3n) is 13.2. The van der Waals surface area contributed by atoms with Crippen LogP contribution in [0.3, 0.4) is 0 Å². The van der Waals surface area contributed by atoms with Gasteiger partial charge in [-0.3, -0.25) is 0 Å². The van der Waals surface area contributed by atoms with E-state index < -0.39 is 5.41 Å². The average Bonchev–Trinajstić information content (AvgIpc) is 4.05. The second kappa shape index (κ2) is 13.8. The maximum absolute atomic E-state index is 4.83. The predicted molar refractivity (Wildman–Crippen MR) is 258 cm³/mol. The van der Waals surface area contributed by atoms with Crippen molar-refractivity contribution in [1.82, 2.24) is 15.4 Å².